The molecule has 1 heterocycles. The van der Waals surface area contributed by atoms with Crippen LogP contribution >= 0.6 is 0 Å². The quantitative estimate of drug-likeness (QED) is 0.772. The molecule has 1 aliphatic heterocycles. The third kappa shape index (κ3) is 6.70. The lowest BCUT2D eigenvalue weighted by molar-refractivity contribution is -0.137. The van der Waals surface area contributed by atoms with E-state index in [-0.39, 0.29) is 24.3 Å². The van der Waals surface area contributed by atoms with Crippen LogP contribution in [0.3, 0.4) is 0 Å². The molecule has 0 aliphatic carbocycles. The molecule has 0 aromatic heterocycles. The number of carbonyl (C=O) groups is 2. The second kappa shape index (κ2) is 9.99. The minimum Gasteiger partial charge on any atom is -0.353 e. The van der Waals surface area contributed by atoms with E-state index in [2.05, 4.69) is 34.5 Å². The van der Waals surface area contributed by atoms with Gasteiger partial charge in [-0.15, -0.1) is 0 Å². The highest BCUT2D eigenvalue weighted by Gasteiger charge is 2.22. The number of piperazine rings is 1. The predicted octanol–water partition coefficient (Wildman–Crippen LogP) is 2.15. The van der Waals surface area contributed by atoms with E-state index < -0.39 is 0 Å². The average Bonchev–Trinajstić information content (AvgIpc) is 2.63. The Balaban J connectivity index is 1.69. The van der Waals surface area contributed by atoms with Crippen molar-refractivity contribution in [3.05, 3.63) is 42.0 Å². The number of hydrogen-bond acceptors (Lipinski definition) is 3. The van der Waals surface area contributed by atoms with E-state index in [1.54, 1.807) is 4.90 Å². The van der Waals surface area contributed by atoms with Crippen molar-refractivity contribution in [2.45, 2.75) is 32.7 Å². The van der Waals surface area contributed by atoms with Crippen molar-refractivity contribution in [1.29, 1.82) is 0 Å². The van der Waals surface area contributed by atoms with Gasteiger partial charge in [0, 0.05) is 38.8 Å². The zero-order chi connectivity index (χ0) is 18.1. The van der Waals surface area contributed by atoms with Crippen molar-refractivity contribution in [3.8, 4) is 0 Å². The van der Waals surface area contributed by atoms with E-state index in [0.29, 0.717) is 13.1 Å². The number of hydrogen-bond donors (Lipinski definition) is 1. The molecule has 1 aliphatic rings. The fourth-order valence-electron chi connectivity index (χ4n) is 2.76. The number of amides is 2. The molecule has 5 nitrogen and oxygen atoms in total. The molecule has 0 spiro atoms. The number of nitrogens with zero attached hydrogens (tertiary/aromatic N) is 2. The van der Waals surface area contributed by atoms with E-state index in [1.165, 1.54) is 5.56 Å². The first-order valence-corrected chi connectivity index (χ1v) is 9.09. The van der Waals surface area contributed by atoms with E-state index >= 15 is 0 Å². The maximum Gasteiger partial charge on any atom is 0.232 e. The zero-order valence-corrected chi connectivity index (χ0v) is 15.3. The summed E-state index contributed by atoms with van der Waals surface area (Å²) in [6.45, 7) is 7.91. The van der Waals surface area contributed by atoms with Gasteiger partial charge in [-0.3, -0.25) is 14.5 Å². The molecule has 0 radical (unpaired) electrons. The van der Waals surface area contributed by atoms with Crippen molar-refractivity contribution in [2.24, 2.45) is 0 Å². The van der Waals surface area contributed by atoms with Crippen LogP contribution in [0.5, 0.6) is 0 Å². The fourth-order valence-corrected chi connectivity index (χ4v) is 2.76. The summed E-state index contributed by atoms with van der Waals surface area (Å²) in [7, 11) is 0. The Labute approximate surface area is 150 Å². The summed E-state index contributed by atoms with van der Waals surface area (Å²) in [4.78, 5) is 28.2. The van der Waals surface area contributed by atoms with Crippen molar-refractivity contribution in [1.82, 2.24) is 15.1 Å². The van der Waals surface area contributed by atoms with Gasteiger partial charge in [0.2, 0.25) is 11.8 Å². The molecule has 5 heteroatoms. The highest BCUT2D eigenvalue weighted by molar-refractivity contribution is 5.97. The number of rotatable bonds is 7. The Morgan fingerprint density at radius 2 is 1.84 bits per heavy atom. The van der Waals surface area contributed by atoms with Crippen LogP contribution in [0.15, 0.2) is 36.4 Å². The molecule has 2 amide bonds. The van der Waals surface area contributed by atoms with Crippen LogP contribution in [0.25, 0.3) is 6.08 Å². The van der Waals surface area contributed by atoms with Gasteiger partial charge in [-0.05, 0) is 18.9 Å². The molecule has 136 valence electrons. The summed E-state index contributed by atoms with van der Waals surface area (Å²) in [6.07, 6.45) is 5.11. The first-order valence-electron chi connectivity index (χ1n) is 9.09. The summed E-state index contributed by atoms with van der Waals surface area (Å²) in [5, 5.41) is 2.85. The number of carbonyl (C=O) groups excluding carboxylic acids is 2. The van der Waals surface area contributed by atoms with Crippen LogP contribution in [-0.2, 0) is 9.59 Å². The maximum atomic E-state index is 12.2. The minimum absolute atomic E-state index is 0.0434. The van der Waals surface area contributed by atoms with Gasteiger partial charge in [-0.25, -0.2) is 0 Å². The van der Waals surface area contributed by atoms with E-state index in [0.717, 1.165) is 26.1 Å². The Kier molecular flexibility index (Phi) is 7.67. The average molecular weight is 343 g/mol. The second-order valence-corrected chi connectivity index (χ2v) is 6.55. The van der Waals surface area contributed by atoms with Crippen LogP contribution in [0.1, 0.15) is 32.3 Å². The summed E-state index contributed by atoms with van der Waals surface area (Å²) in [5.41, 5.74) is 1.20. The van der Waals surface area contributed by atoms with Gasteiger partial charge < -0.3 is 10.2 Å². The first-order chi connectivity index (χ1) is 12.1. The molecule has 1 N–H and O–H groups in total. The molecule has 0 bridgehead atoms. The Hall–Kier alpha value is -2.14. The standard InChI is InChI=1S/C20H29N3O2/c1-3-17(2)21-19(24)16-20(25)23-14-12-22(13-15-23)11-7-10-18-8-5-4-6-9-18/h4-10,17H,3,11-16H2,1-2H3,(H,21,24)/b10-7+. The second-order valence-electron chi connectivity index (χ2n) is 6.55. The molecule has 1 saturated heterocycles. The topological polar surface area (TPSA) is 52.7 Å². The van der Waals surface area contributed by atoms with Gasteiger partial charge in [0.25, 0.3) is 0 Å². The van der Waals surface area contributed by atoms with E-state index in [4.69, 9.17) is 0 Å². The number of benzene rings is 1. The molecule has 25 heavy (non-hydrogen) atoms. The van der Waals surface area contributed by atoms with Gasteiger partial charge in [-0.1, -0.05) is 49.4 Å². The van der Waals surface area contributed by atoms with Gasteiger partial charge in [0.05, 0.1) is 0 Å². The SMILES string of the molecule is CCC(C)NC(=O)CC(=O)N1CCN(C/C=C/c2ccccc2)CC1. The van der Waals surface area contributed by atoms with Crippen LogP contribution in [0.4, 0.5) is 0 Å². The summed E-state index contributed by atoms with van der Waals surface area (Å²) >= 11 is 0. The summed E-state index contributed by atoms with van der Waals surface area (Å²) in [6, 6.07) is 10.3. The van der Waals surface area contributed by atoms with E-state index in [1.807, 2.05) is 32.0 Å². The lowest BCUT2D eigenvalue weighted by Gasteiger charge is -2.34. The number of nitrogens with one attached hydrogen (secondary N) is 1. The Morgan fingerprint density at radius 1 is 1.16 bits per heavy atom. The lowest BCUT2D eigenvalue weighted by atomic mass is 10.2. The normalized spacial score (nSPS) is 16.8. The molecule has 1 aromatic carbocycles. The highest BCUT2D eigenvalue weighted by Crippen LogP contribution is 2.06. The largest absolute Gasteiger partial charge is 0.353 e. The van der Waals surface area contributed by atoms with E-state index in [9.17, 15) is 9.59 Å². The van der Waals surface area contributed by atoms with Gasteiger partial charge in [0.15, 0.2) is 0 Å². The van der Waals surface area contributed by atoms with Crippen LogP contribution in [-0.4, -0.2) is 60.4 Å². The lowest BCUT2D eigenvalue weighted by Crippen LogP contribution is -2.49. The molecular weight excluding hydrogens is 314 g/mol. The molecule has 1 fully saturated rings. The van der Waals surface area contributed by atoms with Gasteiger partial charge in [0.1, 0.15) is 6.42 Å². The zero-order valence-electron chi connectivity index (χ0n) is 15.3. The Morgan fingerprint density at radius 3 is 2.48 bits per heavy atom. The molecule has 2 rings (SSSR count). The van der Waals surface area contributed by atoms with Crippen LogP contribution in [0.2, 0.25) is 0 Å². The van der Waals surface area contributed by atoms with Crippen molar-refractivity contribution < 1.29 is 9.59 Å². The molecule has 1 atom stereocenters. The summed E-state index contributed by atoms with van der Waals surface area (Å²) < 4.78 is 0. The summed E-state index contributed by atoms with van der Waals surface area (Å²) in [5.74, 6) is -0.243. The van der Waals surface area contributed by atoms with Crippen LogP contribution < -0.4 is 5.32 Å². The molecular formula is C20H29N3O2. The van der Waals surface area contributed by atoms with Crippen molar-refractivity contribution >= 4 is 17.9 Å². The highest BCUT2D eigenvalue weighted by atomic mass is 16.2. The third-order valence-electron chi connectivity index (χ3n) is 4.53. The maximum absolute atomic E-state index is 12.2. The fraction of sp³-hybridized carbons (Fsp3) is 0.500. The minimum atomic E-state index is -0.174. The smallest absolute Gasteiger partial charge is 0.232 e. The Bertz CT molecular complexity index is 578. The molecule has 1 aromatic rings. The third-order valence-corrected chi connectivity index (χ3v) is 4.53. The first kappa shape index (κ1) is 19.2. The van der Waals surface area contributed by atoms with Gasteiger partial charge in [-0.2, -0.15) is 0 Å². The monoisotopic (exact) mass is 343 g/mol. The van der Waals surface area contributed by atoms with Crippen molar-refractivity contribution in [3.63, 3.8) is 0 Å². The molecule has 0 saturated carbocycles. The van der Waals surface area contributed by atoms with Gasteiger partial charge >= 0.3 is 0 Å². The molecule has 1 unspecified atom stereocenters. The predicted molar refractivity (Wildman–Crippen MR) is 101 cm³/mol. The van der Waals surface area contributed by atoms with Crippen molar-refractivity contribution in [2.75, 3.05) is 32.7 Å². The van der Waals surface area contributed by atoms with Crippen LogP contribution in [0, 0.1) is 0 Å².